The molecule has 10 aromatic rings. The Balaban J connectivity index is 1.30. The lowest BCUT2D eigenvalue weighted by Gasteiger charge is -2.12. The molecule has 7 aromatic carbocycles. The van der Waals surface area contributed by atoms with Crippen LogP contribution in [0.5, 0.6) is 0 Å². The summed E-state index contributed by atoms with van der Waals surface area (Å²) in [5.74, 6) is 0.651. The van der Waals surface area contributed by atoms with Crippen LogP contribution in [0.4, 0.5) is 0 Å². The number of nitrogens with zero attached hydrogens (tertiary/aromatic N) is 3. The van der Waals surface area contributed by atoms with Crippen LogP contribution in [0.1, 0.15) is 0 Å². The molecule has 50 heavy (non-hydrogen) atoms. The van der Waals surface area contributed by atoms with Gasteiger partial charge < -0.3 is 8.98 Å². The average molecular weight is 640 g/mol. The summed E-state index contributed by atoms with van der Waals surface area (Å²) in [6, 6.07) is 61.2. The van der Waals surface area contributed by atoms with Gasteiger partial charge in [-0.2, -0.15) is 0 Å². The molecule has 0 atom stereocenters. The molecule has 0 saturated carbocycles. The van der Waals surface area contributed by atoms with Crippen molar-refractivity contribution in [2.24, 2.45) is 0 Å². The summed E-state index contributed by atoms with van der Waals surface area (Å²) in [4.78, 5) is 10.5. The molecule has 0 fully saturated rings. The molecular weight excluding hydrogens is 611 g/mol. The molecule has 0 bridgehead atoms. The van der Waals surface area contributed by atoms with Gasteiger partial charge in [0, 0.05) is 38.2 Å². The second-order valence-corrected chi connectivity index (χ2v) is 12.6. The first-order valence-electron chi connectivity index (χ1n) is 16.8. The molecule has 3 heterocycles. The van der Waals surface area contributed by atoms with Crippen LogP contribution in [0.15, 0.2) is 180 Å². The van der Waals surface area contributed by atoms with Crippen LogP contribution in [0.2, 0.25) is 0 Å². The third-order valence-corrected chi connectivity index (χ3v) is 9.61. The highest BCUT2D eigenvalue weighted by Crippen LogP contribution is 2.43. The van der Waals surface area contributed by atoms with Crippen molar-refractivity contribution in [1.29, 1.82) is 0 Å². The zero-order valence-electron chi connectivity index (χ0n) is 27.0. The Kier molecular flexibility index (Phi) is 6.46. The van der Waals surface area contributed by atoms with Gasteiger partial charge in [0.25, 0.3) is 0 Å². The second-order valence-electron chi connectivity index (χ2n) is 12.6. The summed E-state index contributed by atoms with van der Waals surface area (Å²) in [6.45, 7) is 0. The zero-order valence-corrected chi connectivity index (χ0v) is 27.0. The largest absolute Gasteiger partial charge is 0.454 e. The summed E-state index contributed by atoms with van der Waals surface area (Å²) in [5.41, 5.74) is 11.8. The van der Waals surface area contributed by atoms with Gasteiger partial charge >= 0.3 is 0 Å². The van der Waals surface area contributed by atoms with Gasteiger partial charge in [-0.25, -0.2) is 9.97 Å². The van der Waals surface area contributed by atoms with E-state index in [1.54, 1.807) is 0 Å². The molecule has 4 nitrogen and oxygen atoms in total. The Hall–Kier alpha value is -6.78. The fourth-order valence-corrected chi connectivity index (χ4v) is 7.33. The molecule has 0 amide bonds. The van der Waals surface area contributed by atoms with E-state index < -0.39 is 0 Å². The Bertz CT molecular complexity index is 2740. The van der Waals surface area contributed by atoms with Crippen molar-refractivity contribution < 1.29 is 4.42 Å². The van der Waals surface area contributed by atoms with E-state index in [9.17, 15) is 0 Å². The van der Waals surface area contributed by atoms with Gasteiger partial charge in [-0.05, 0) is 47.5 Å². The van der Waals surface area contributed by atoms with Crippen molar-refractivity contribution >= 4 is 43.7 Å². The minimum atomic E-state index is 0.651. The van der Waals surface area contributed by atoms with E-state index in [0.29, 0.717) is 5.82 Å². The smallest absolute Gasteiger partial charge is 0.161 e. The number of hydrogen-bond acceptors (Lipinski definition) is 3. The van der Waals surface area contributed by atoms with Gasteiger partial charge in [0.05, 0.1) is 28.1 Å². The van der Waals surface area contributed by atoms with E-state index >= 15 is 0 Å². The fourth-order valence-electron chi connectivity index (χ4n) is 7.33. The van der Waals surface area contributed by atoms with Gasteiger partial charge in [0.1, 0.15) is 5.58 Å². The van der Waals surface area contributed by atoms with Gasteiger partial charge in [-0.3, -0.25) is 0 Å². The minimum Gasteiger partial charge on any atom is -0.454 e. The quantitative estimate of drug-likeness (QED) is 0.188. The maximum absolute atomic E-state index is 6.98. The number of para-hydroxylation sites is 3. The van der Waals surface area contributed by atoms with Crippen molar-refractivity contribution in [2.75, 3.05) is 0 Å². The second kappa shape index (κ2) is 11.4. The fraction of sp³-hybridized carbons (Fsp3) is 0. The Labute approximate surface area is 288 Å². The van der Waals surface area contributed by atoms with E-state index in [0.717, 1.165) is 77.9 Å². The summed E-state index contributed by atoms with van der Waals surface area (Å²) < 4.78 is 9.31. The zero-order chi connectivity index (χ0) is 33.0. The number of rotatable bonds is 5. The monoisotopic (exact) mass is 639 g/mol. The predicted molar refractivity (Wildman–Crippen MR) is 205 cm³/mol. The molecule has 0 aliphatic carbocycles. The van der Waals surface area contributed by atoms with Gasteiger partial charge in [0.15, 0.2) is 11.4 Å². The summed E-state index contributed by atoms with van der Waals surface area (Å²) in [6.07, 6.45) is 0. The van der Waals surface area contributed by atoms with E-state index in [-0.39, 0.29) is 0 Å². The van der Waals surface area contributed by atoms with Crippen molar-refractivity contribution in [3.8, 4) is 50.7 Å². The van der Waals surface area contributed by atoms with E-state index in [1.165, 1.54) is 10.8 Å². The summed E-state index contributed by atoms with van der Waals surface area (Å²) in [5, 5.41) is 4.43. The van der Waals surface area contributed by atoms with Gasteiger partial charge in [0.2, 0.25) is 0 Å². The summed E-state index contributed by atoms with van der Waals surface area (Å²) >= 11 is 0. The standard InChI is InChI=1S/C46H29N3O/c1-4-15-30(16-5-1)33-27-37(46-47-38(31-17-6-2-7-18-31)29-39(48-46)32-19-8-3-9-20-32)44-36-23-14-26-42(45(36)50-43(44)28-33)49-40-24-12-10-21-34(40)35-22-11-13-25-41(35)49/h1-29H. The first kappa shape index (κ1) is 28.3. The number of aromatic nitrogens is 3. The number of furan rings is 1. The average Bonchev–Trinajstić information content (AvgIpc) is 3.74. The molecule has 0 spiro atoms. The summed E-state index contributed by atoms with van der Waals surface area (Å²) in [7, 11) is 0. The SMILES string of the molecule is c1ccc(-c2cc(-c3nc(-c4ccccc4)cc(-c4ccccc4)n3)c3c(c2)oc2c(-n4c5ccccc5c5ccccc54)cccc23)cc1. The van der Waals surface area contributed by atoms with E-state index in [4.69, 9.17) is 14.4 Å². The number of fused-ring (bicyclic) bond motifs is 6. The molecule has 0 N–H and O–H groups in total. The lowest BCUT2D eigenvalue weighted by Crippen LogP contribution is -1.97. The molecule has 0 saturated heterocycles. The van der Waals surface area contributed by atoms with Crippen LogP contribution < -0.4 is 0 Å². The highest BCUT2D eigenvalue weighted by molar-refractivity contribution is 6.16. The van der Waals surface area contributed by atoms with Crippen LogP contribution in [-0.4, -0.2) is 14.5 Å². The Morgan fingerprint density at radius 2 is 0.940 bits per heavy atom. The molecule has 0 aliphatic rings. The Morgan fingerprint density at radius 3 is 1.54 bits per heavy atom. The molecule has 3 aromatic heterocycles. The first-order valence-corrected chi connectivity index (χ1v) is 16.8. The van der Waals surface area contributed by atoms with Crippen LogP contribution in [0.3, 0.4) is 0 Å². The molecular formula is C46H29N3O. The Morgan fingerprint density at radius 1 is 0.420 bits per heavy atom. The lowest BCUT2D eigenvalue weighted by atomic mass is 9.97. The molecule has 0 aliphatic heterocycles. The normalized spacial score (nSPS) is 11.6. The number of benzene rings is 7. The first-order chi connectivity index (χ1) is 24.8. The predicted octanol–water partition coefficient (Wildman–Crippen LogP) is 12.1. The van der Waals surface area contributed by atoms with Crippen molar-refractivity contribution in [2.45, 2.75) is 0 Å². The van der Waals surface area contributed by atoms with Crippen molar-refractivity contribution in [3.05, 3.63) is 176 Å². The van der Waals surface area contributed by atoms with E-state index in [2.05, 4.69) is 138 Å². The number of hydrogen-bond donors (Lipinski definition) is 0. The third-order valence-electron chi connectivity index (χ3n) is 9.61. The molecule has 4 heteroatoms. The maximum Gasteiger partial charge on any atom is 0.161 e. The molecule has 0 radical (unpaired) electrons. The van der Waals surface area contributed by atoms with Crippen LogP contribution >= 0.6 is 0 Å². The van der Waals surface area contributed by atoms with E-state index in [1.807, 2.05) is 42.5 Å². The minimum absolute atomic E-state index is 0.651. The van der Waals surface area contributed by atoms with Crippen LogP contribution in [-0.2, 0) is 0 Å². The lowest BCUT2D eigenvalue weighted by molar-refractivity contribution is 0.666. The van der Waals surface area contributed by atoms with Crippen molar-refractivity contribution in [3.63, 3.8) is 0 Å². The highest BCUT2D eigenvalue weighted by Gasteiger charge is 2.22. The maximum atomic E-state index is 6.98. The third kappa shape index (κ3) is 4.54. The highest BCUT2D eigenvalue weighted by atomic mass is 16.3. The van der Waals surface area contributed by atoms with Gasteiger partial charge in [-0.15, -0.1) is 0 Å². The molecule has 10 rings (SSSR count). The topological polar surface area (TPSA) is 43.9 Å². The van der Waals surface area contributed by atoms with Crippen molar-refractivity contribution in [1.82, 2.24) is 14.5 Å². The molecule has 234 valence electrons. The van der Waals surface area contributed by atoms with Gasteiger partial charge in [-0.1, -0.05) is 140 Å². The van der Waals surface area contributed by atoms with Crippen LogP contribution in [0.25, 0.3) is 94.5 Å². The molecule has 0 unspecified atom stereocenters. The van der Waals surface area contributed by atoms with Crippen LogP contribution in [0, 0.1) is 0 Å².